The van der Waals surface area contributed by atoms with Crippen molar-refractivity contribution < 1.29 is 28.3 Å². The van der Waals surface area contributed by atoms with Crippen LogP contribution in [0.15, 0.2) is 72.8 Å². The van der Waals surface area contributed by atoms with Gasteiger partial charge < -0.3 is 34.0 Å². The van der Waals surface area contributed by atoms with Gasteiger partial charge in [0.1, 0.15) is 0 Å². The van der Waals surface area contributed by atoms with Crippen LogP contribution in [-0.2, 0) is 44.2 Å². The molecule has 2 fully saturated rings. The minimum Gasteiger partial charge on any atom is -0.394 e. The smallest absolute Gasteiger partial charge is 0.264 e. The lowest BCUT2D eigenvalue weighted by Crippen LogP contribution is -2.48. The van der Waals surface area contributed by atoms with E-state index >= 15 is 4.11 Å². The van der Waals surface area contributed by atoms with Crippen molar-refractivity contribution in [2.24, 2.45) is 5.92 Å². The largest absolute Gasteiger partial charge is 0.394 e. The summed E-state index contributed by atoms with van der Waals surface area (Å²) in [6.45, 7) is 7.27. The molecular formula is C37H43FN4O5Si. The quantitative estimate of drug-likeness (QED) is 0.288. The Kier molecular flexibility index (Phi) is 8.51. The highest BCUT2D eigenvalue weighted by Crippen LogP contribution is 2.60. The number of carbonyl (C=O) groups excluding carboxylic acids is 3. The van der Waals surface area contributed by atoms with Crippen LogP contribution >= 0.6 is 0 Å². The number of nitrogens with zero attached hydrogens (tertiary/aromatic N) is 3. The van der Waals surface area contributed by atoms with Crippen LogP contribution in [0.5, 0.6) is 0 Å². The van der Waals surface area contributed by atoms with E-state index in [1.54, 1.807) is 27.8 Å². The number of benzene rings is 3. The molecule has 0 unspecified atom stereocenters. The molecule has 4 aliphatic rings. The number of aliphatic hydroxyl groups excluding tert-OH is 1. The summed E-state index contributed by atoms with van der Waals surface area (Å²) >= 11 is 0. The zero-order chi connectivity index (χ0) is 33.8. The monoisotopic (exact) mass is 670 g/mol. The summed E-state index contributed by atoms with van der Waals surface area (Å²) in [5.74, 6) is -0.959. The predicted molar refractivity (Wildman–Crippen MR) is 184 cm³/mol. The number of nitrogens with one attached hydrogen (secondary N) is 1. The first-order chi connectivity index (χ1) is 23.0. The summed E-state index contributed by atoms with van der Waals surface area (Å²) in [4.78, 5) is 46.3. The molecule has 0 saturated carbocycles. The van der Waals surface area contributed by atoms with Crippen LogP contribution in [0, 0.1) is 5.92 Å². The van der Waals surface area contributed by atoms with Gasteiger partial charge in [0.15, 0.2) is 5.60 Å². The molecule has 0 aromatic heterocycles. The third kappa shape index (κ3) is 5.46. The lowest BCUT2D eigenvalue weighted by Gasteiger charge is -2.37. The van der Waals surface area contributed by atoms with Gasteiger partial charge >= 0.3 is 0 Å². The van der Waals surface area contributed by atoms with Gasteiger partial charge in [-0.1, -0.05) is 61.5 Å². The average Bonchev–Trinajstić information content (AvgIpc) is 3.50. The highest BCUT2D eigenvalue weighted by atomic mass is 28.4. The van der Waals surface area contributed by atoms with E-state index < -0.39 is 31.6 Å². The summed E-state index contributed by atoms with van der Waals surface area (Å²) in [5.41, 5.74) is 3.22. The number of anilines is 2. The number of amides is 3. The van der Waals surface area contributed by atoms with E-state index in [-0.39, 0.29) is 43.3 Å². The number of ether oxygens (including phenoxy) is 1. The molecule has 2 saturated heterocycles. The number of para-hydroxylation sites is 1. The molecule has 5 atom stereocenters. The van der Waals surface area contributed by atoms with Crippen LogP contribution < -0.4 is 15.1 Å². The van der Waals surface area contributed by atoms with Gasteiger partial charge in [-0.15, -0.1) is 0 Å². The van der Waals surface area contributed by atoms with Crippen LogP contribution in [-0.4, -0.2) is 74.5 Å². The fourth-order valence-electron chi connectivity index (χ4n) is 8.53. The lowest BCUT2D eigenvalue weighted by molar-refractivity contribution is -0.151. The standard InChI is InChI=1S/C37H43FN4O5Si/c1-24-35(48(2,3)38)32(19-33(44)41-22-27-9-5-4-8-26(27)18-29(41)23-43)47-37(24)30-10-6-7-11-31(30)42(36(37)46)21-25-12-14-28(15-13-25)40-17-16-39-20-34(40)45/h4-15,24,29,32,35,39,43H,16-23H2,1-3H3/t24-,29-,32+,35-,37+/m0/s1. The van der Waals surface area contributed by atoms with E-state index in [4.69, 9.17) is 4.74 Å². The molecule has 48 heavy (non-hydrogen) atoms. The normalized spacial score (nSPS) is 27.1. The maximum absolute atomic E-state index is 16.4. The molecule has 0 bridgehead atoms. The summed E-state index contributed by atoms with van der Waals surface area (Å²) in [6.07, 6.45) is -0.328. The molecule has 3 aromatic carbocycles. The highest BCUT2D eigenvalue weighted by Gasteiger charge is 2.67. The maximum Gasteiger partial charge on any atom is 0.264 e. The Morgan fingerprint density at radius 1 is 1.04 bits per heavy atom. The maximum atomic E-state index is 16.4. The van der Waals surface area contributed by atoms with Gasteiger partial charge in [-0.25, -0.2) is 0 Å². The van der Waals surface area contributed by atoms with Crippen LogP contribution in [0.4, 0.5) is 15.5 Å². The topological polar surface area (TPSA) is 102 Å². The Labute approximate surface area is 281 Å². The number of halogens is 1. The second kappa shape index (κ2) is 12.5. The Hall–Kier alpha value is -3.90. The molecular weight excluding hydrogens is 628 g/mol. The third-order valence-electron chi connectivity index (χ3n) is 10.8. The zero-order valence-electron chi connectivity index (χ0n) is 27.7. The van der Waals surface area contributed by atoms with Gasteiger partial charge in [0.05, 0.1) is 44.0 Å². The number of piperazine rings is 1. The molecule has 3 aromatic rings. The molecule has 4 heterocycles. The fraction of sp³-hybridized carbons (Fsp3) is 0.432. The molecule has 3 amide bonds. The lowest BCUT2D eigenvalue weighted by atomic mass is 9.82. The van der Waals surface area contributed by atoms with Crippen LogP contribution in [0.2, 0.25) is 18.6 Å². The molecule has 1 spiro atoms. The van der Waals surface area contributed by atoms with E-state index in [1.807, 2.05) is 79.7 Å². The fourth-order valence-corrected chi connectivity index (χ4v) is 11.0. The summed E-state index contributed by atoms with van der Waals surface area (Å²) in [5, 5.41) is 13.3. The van der Waals surface area contributed by atoms with E-state index in [9.17, 15) is 19.5 Å². The van der Waals surface area contributed by atoms with Crippen molar-refractivity contribution in [3.05, 3.63) is 95.1 Å². The van der Waals surface area contributed by atoms with Crippen molar-refractivity contribution in [2.75, 3.05) is 36.0 Å². The molecule has 2 N–H and O–H groups in total. The SMILES string of the molecule is C[C@H]1[C@H]([Si](C)(C)F)[C@@H](CC(=O)N2Cc3ccccc3C[C@H]2CO)O[C@]12C(=O)N(Cc1ccc(N3CCNCC3=O)cc1)c1ccccc12. The Morgan fingerprint density at radius 3 is 2.46 bits per heavy atom. The number of hydrogen-bond donors (Lipinski definition) is 2. The molecule has 0 aliphatic carbocycles. The third-order valence-corrected chi connectivity index (χ3v) is 13.3. The molecule has 9 nitrogen and oxygen atoms in total. The van der Waals surface area contributed by atoms with Gasteiger partial charge in [0, 0.05) is 42.3 Å². The minimum absolute atomic E-state index is 0.0193. The second-order valence-corrected chi connectivity index (χ2v) is 17.9. The number of carbonyl (C=O) groups is 3. The van der Waals surface area contributed by atoms with Crippen LogP contribution in [0.3, 0.4) is 0 Å². The van der Waals surface area contributed by atoms with Crippen molar-refractivity contribution >= 4 is 37.5 Å². The van der Waals surface area contributed by atoms with Gasteiger partial charge in [-0.3, -0.25) is 14.4 Å². The minimum atomic E-state index is -3.47. The van der Waals surface area contributed by atoms with Crippen molar-refractivity contribution in [3.8, 4) is 0 Å². The van der Waals surface area contributed by atoms with E-state index in [1.165, 1.54) is 0 Å². The highest BCUT2D eigenvalue weighted by molar-refractivity contribution is 6.72. The predicted octanol–water partition coefficient (Wildman–Crippen LogP) is 4.28. The van der Waals surface area contributed by atoms with Gasteiger partial charge in [0.25, 0.3) is 5.91 Å². The van der Waals surface area contributed by atoms with Crippen LogP contribution in [0.25, 0.3) is 0 Å². The van der Waals surface area contributed by atoms with Crippen molar-refractivity contribution in [2.45, 2.75) is 69.2 Å². The first-order valence-corrected chi connectivity index (χ1v) is 19.8. The second-order valence-electron chi connectivity index (χ2n) is 14.1. The first-order valence-electron chi connectivity index (χ1n) is 16.9. The van der Waals surface area contributed by atoms with E-state index in [2.05, 4.69) is 5.32 Å². The van der Waals surface area contributed by atoms with E-state index in [0.717, 1.165) is 28.9 Å². The number of hydrogen-bond acceptors (Lipinski definition) is 6. The number of aliphatic hydroxyl groups is 1. The van der Waals surface area contributed by atoms with Gasteiger partial charge in [-0.05, 0) is 54.4 Å². The average molecular weight is 671 g/mol. The zero-order valence-corrected chi connectivity index (χ0v) is 28.7. The molecule has 4 aliphatic heterocycles. The molecule has 252 valence electrons. The summed E-state index contributed by atoms with van der Waals surface area (Å²) in [6, 6.07) is 22.7. The first kappa shape index (κ1) is 32.6. The van der Waals surface area contributed by atoms with Gasteiger partial charge in [-0.2, -0.15) is 0 Å². The Balaban J connectivity index is 1.17. The van der Waals surface area contributed by atoms with Crippen LogP contribution in [0.1, 0.15) is 35.6 Å². The molecule has 7 rings (SSSR count). The van der Waals surface area contributed by atoms with Crippen molar-refractivity contribution in [3.63, 3.8) is 0 Å². The Morgan fingerprint density at radius 2 is 1.75 bits per heavy atom. The van der Waals surface area contributed by atoms with Crippen molar-refractivity contribution in [1.82, 2.24) is 10.2 Å². The number of rotatable bonds is 7. The molecule has 0 radical (unpaired) electrons. The summed E-state index contributed by atoms with van der Waals surface area (Å²) in [7, 11) is -3.47. The van der Waals surface area contributed by atoms with Gasteiger partial charge in [0.2, 0.25) is 20.2 Å². The van der Waals surface area contributed by atoms with E-state index in [0.29, 0.717) is 37.3 Å². The number of fused-ring (bicyclic) bond motifs is 3. The molecule has 11 heteroatoms. The van der Waals surface area contributed by atoms with Crippen molar-refractivity contribution in [1.29, 1.82) is 0 Å². The Bertz CT molecular complexity index is 1730. The summed E-state index contributed by atoms with van der Waals surface area (Å²) < 4.78 is 23.2.